The molecule has 1 atom stereocenters. The Morgan fingerprint density at radius 2 is 2.28 bits per heavy atom. The average molecular weight is 274 g/mol. The summed E-state index contributed by atoms with van der Waals surface area (Å²) in [4.78, 5) is 22.1. The van der Waals surface area contributed by atoms with Gasteiger partial charge >= 0.3 is 11.9 Å². The predicted molar refractivity (Wildman–Crippen MR) is 68.2 cm³/mol. The molecule has 6 heteroatoms. The molecule has 0 saturated carbocycles. The van der Waals surface area contributed by atoms with Crippen molar-refractivity contribution in [1.29, 1.82) is 0 Å². The Morgan fingerprint density at radius 3 is 2.94 bits per heavy atom. The van der Waals surface area contributed by atoms with Crippen LogP contribution in [0.2, 0.25) is 0 Å². The Kier molecular flexibility index (Phi) is 7.52. The summed E-state index contributed by atoms with van der Waals surface area (Å²) in [6.45, 7) is 4.21. The van der Waals surface area contributed by atoms with E-state index in [1.165, 1.54) is 0 Å². The van der Waals surface area contributed by atoms with E-state index in [0.29, 0.717) is 38.2 Å². The van der Waals surface area contributed by atoms with E-state index in [2.05, 4.69) is 6.58 Å². The number of ether oxygens (including phenoxy) is 3. The highest BCUT2D eigenvalue weighted by atomic mass is 32.2. The lowest BCUT2D eigenvalue weighted by molar-refractivity contribution is -0.173. The van der Waals surface area contributed by atoms with E-state index in [9.17, 15) is 9.59 Å². The third-order valence-electron chi connectivity index (χ3n) is 2.23. The van der Waals surface area contributed by atoms with Gasteiger partial charge in [-0.25, -0.2) is 4.79 Å². The summed E-state index contributed by atoms with van der Waals surface area (Å²) in [6.07, 6.45) is 2.29. The summed E-state index contributed by atoms with van der Waals surface area (Å²) in [6, 6.07) is 0. The number of esters is 2. The van der Waals surface area contributed by atoms with Gasteiger partial charge in [0.1, 0.15) is 0 Å². The molecule has 0 N–H and O–H groups in total. The molecule has 0 aromatic rings. The van der Waals surface area contributed by atoms with Crippen molar-refractivity contribution in [3.63, 3.8) is 0 Å². The highest BCUT2D eigenvalue weighted by Crippen LogP contribution is 2.14. The Morgan fingerprint density at radius 1 is 1.44 bits per heavy atom. The minimum Gasteiger partial charge on any atom is -0.463 e. The second-order valence-corrected chi connectivity index (χ2v) is 4.84. The second-order valence-electron chi connectivity index (χ2n) is 3.69. The Labute approximate surface area is 111 Å². The molecule has 0 aliphatic carbocycles. The van der Waals surface area contributed by atoms with Crippen molar-refractivity contribution in [2.24, 2.45) is 0 Å². The number of unbranched alkanes of at least 4 members (excludes halogenated alkanes) is 1. The zero-order chi connectivity index (χ0) is 13.2. The first-order valence-corrected chi connectivity index (χ1v) is 7.06. The van der Waals surface area contributed by atoms with E-state index in [0.717, 1.165) is 11.8 Å². The molecule has 0 aromatic heterocycles. The first kappa shape index (κ1) is 15.0. The Balaban J connectivity index is 1.99. The Hall–Kier alpha value is -1.01. The number of thioether (sulfide) groups is 1. The van der Waals surface area contributed by atoms with Gasteiger partial charge in [0.2, 0.25) is 6.29 Å². The molecule has 0 amide bonds. The van der Waals surface area contributed by atoms with Crippen LogP contribution < -0.4 is 0 Å². The lowest BCUT2D eigenvalue weighted by Crippen LogP contribution is -2.28. The summed E-state index contributed by atoms with van der Waals surface area (Å²) >= 11 is 1.71. The molecule has 0 spiro atoms. The maximum absolute atomic E-state index is 11.4. The number of carbonyl (C=O) groups is 2. The van der Waals surface area contributed by atoms with E-state index < -0.39 is 12.3 Å². The van der Waals surface area contributed by atoms with E-state index >= 15 is 0 Å². The summed E-state index contributed by atoms with van der Waals surface area (Å²) < 4.78 is 15.2. The lowest BCUT2D eigenvalue weighted by Gasteiger charge is -2.21. The molecule has 0 aromatic carbocycles. The minimum absolute atomic E-state index is 0.266. The molecular weight excluding hydrogens is 256 g/mol. The molecule has 1 saturated heterocycles. The molecule has 1 aliphatic rings. The van der Waals surface area contributed by atoms with Crippen molar-refractivity contribution < 1.29 is 23.8 Å². The Bertz CT molecular complexity index is 286. The molecule has 1 aliphatic heterocycles. The van der Waals surface area contributed by atoms with Crippen LogP contribution in [0.5, 0.6) is 0 Å². The van der Waals surface area contributed by atoms with Crippen molar-refractivity contribution in [3.8, 4) is 0 Å². The maximum Gasteiger partial charge on any atom is 0.330 e. The van der Waals surface area contributed by atoms with Crippen LogP contribution >= 0.6 is 11.8 Å². The van der Waals surface area contributed by atoms with Crippen molar-refractivity contribution in [2.75, 3.05) is 24.7 Å². The molecule has 0 bridgehead atoms. The van der Waals surface area contributed by atoms with Crippen molar-refractivity contribution >= 4 is 23.7 Å². The molecule has 1 unspecified atom stereocenters. The lowest BCUT2D eigenvalue weighted by atomic mass is 10.2. The van der Waals surface area contributed by atoms with Crippen molar-refractivity contribution in [1.82, 2.24) is 0 Å². The molecule has 1 fully saturated rings. The largest absolute Gasteiger partial charge is 0.463 e. The van der Waals surface area contributed by atoms with Gasteiger partial charge in [-0.3, -0.25) is 4.79 Å². The third kappa shape index (κ3) is 6.66. The molecule has 5 nitrogen and oxygen atoms in total. The van der Waals surface area contributed by atoms with Crippen LogP contribution in [0.15, 0.2) is 12.7 Å². The fourth-order valence-corrected chi connectivity index (χ4v) is 2.08. The fourth-order valence-electron chi connectivity index (χ4n) is 1.34. The highest BCUT2D eigenvalue weighted by Gasteiger charge is 2.18. The third-order valence-corrected chi connectivity index (χ3v) is 3.20. The highest BCUT2D eigenvalue weighted by molar-refractivity contribution is 7.99. The smallest absolute Gasteiger partial charge is 0.330 e. The van der Waals surface area contributed by atoms with E-state index in [-0.39, 0.29) is 5.97 Å². The van der Waals surface area contributed by atoms with Crippen LogP contribution in [0, 0.1) is 0 Å². The van der Waals surface area contributed by atoms with Crippen LogP contribution in [0.1, 0.15) is 19.3 Å². The molecular formula is C12H18O5S. The summed E-state index contributed by atoms with van der Waals surface area (Å²) in [5.74, 6) is 0.938. The van der Waals surface area contributed by atoms with Gasteiger partial charge in [-0.05, 0) is 12.8 Å². The molecule has 102 valence electrons. The predicted octanol–water partition coefficient (Wildman–Crippen LogP) is 1.52. The van der Waals surface area contributed by atoms with Gasteiger partial charge in [0.15, 0.2) is 0 Å². The van der Waals surface area contributed by atoms with Crippen LogP contribution in [-0.2, 0) is 23.8 Å². The van der Waals surface area contributed by atoms with Crippen molar-refractivity contribution in [2.45, 2.75) is 25.6 Å². The van der Waals surface area contributed by atoms with Crippen LogP contribution in [0.25, 0.3) is 0 Å². The average Bonchev–Trinajstić information content (AvgIpc) is 2.39. The number of hydrogen-bond acceptors (Lipinski definition) is 6. The van der Waals surface area contributed by atoms with Gasteiger partial charge in [0.05, 0.1) is 19.0 Å². The quantitative estimate of drug-likeness (QED) is 0.398. The van der Waals surface area contributed by atoms with Gasteiger partial charge in [-0.1, -0.05) is 6.58 Å². The number of rotatable bonds is 7. The molecule has 1 heterocycles. The topological polar surface area (TPSA) is 61.8 Å². The fraction of sp³-hybridized carbons (Fsp3) is 0.667. The van der Waals surface area contributed by atoms with E-state index in [1.54, 1.807) is 11.8 Å². The van der Waals surface area contributed by atoms with Gasteiger partial charge in [-0.15, -0.1) is 0 Å². The van der Waals surface area contributed by atoms with Gasteiger partial charge in [-0.2, -0.15) is 11.8 Å². The SMILES string of the molecule is C=CC(=O)OCCCCC(=O)OC1CSCCO1. The first-order chi connectivity index (χ1) is 8.72. The van der Waals surface area contributed by atoms with E-state index in [1.807, 2.05) is 0 Å². The number of carbonyl (C=O) groups excluding carboxylic acids is 2. The van der Waals surface area contributed by atoms with Crippen LogP contribution in [-0.4, -0.2) is 42.9 Å². The van der Waals surface area contributed by atoms with Gasteiger partial charge < -0.3 is 14.2 Å². The zero-order valence-corrected chi connectivity index (χ0v) is 11.1. The monoisotopic (exact) mass is 274 g/mol. The molecule has 18 heavy (non-hydrogen) atoms. The zero-order valence-electron chi connectivity index (χ0n) is 10.3. The van der Waals surface area contributed by atoms with Gasteiger partial charge in [0.25, 0.3) is 0 Å². The van der Waals surface area contributed by atoms with Crippen molar-refractivity contribution in [3.05, 3.63) is 12.7 Å². The normalized spacial score (nSPS) is 19.0. The summed E-state index contributed by atoms with van der Waals surface area (Å²) in [5.41, 5.74) is 0. The summed E-state index contributed by atoms with van der Waals surface area (Å²) in [7, 11) is 0. The first-order valence-electron chi connectivity index (χ1n) is 5.90. The maximum atomic E-state index is 11.4. The van der Waals surface area contributed by atoms with Crippen LogP contribution in [0.3, 0.4) is 0 Å². The standard InChI is InChI=1S/C12H18O5S/c1-2-10(13)15-6-4-3-5-11(14)17-12-9-18-8-7-16-12/h2,12H,1,3-9H2. The second kappa shape index (κ2) is 8.99. The minimum atomic E-state index is -0.440. The van der Waals surface area contributed by atoms with E-state index in [4.69, 9.17) is 14.2 Å². The molecule has 0 radical (unpaired) electrons. The number of hydrogen-bond donors (Lipinski definition) is 0. The summed E-state index contributed by atoms with van der Waals surface area (Å²) in [5, 5.41) is 0. The van der Waals surface area contributed by atoms with Gasteiger partial charge in [0, 0.05) is 18.2 Å². The molecule has 1 rings (SSSR count). The van der Waals surface area contributed by atoms with Crippen LogP contribution in [0.4, 0.5) is 0 Å².